The molecule has 4 heteroatoms. The number of aromatic nitrogens is 1. The second kappa shape index (κ2) is 4.18. The van der Waals surface area contributed by atoms with Crippen LogP contribution in [0, 0.1) is 0 Å². The number of carboxylic acid groups (broad SMARTS) is 1. The van der Waals surface area contributed by atoms with Crippen LogP contribution < -0.4 is 4.74 Å². The maximum Gasteiger partial charge on any atom is 0.336 e. The van der Waals surface area contributed by atoms with Crippen LogP contribution >= 0.6 is 0 Å². The van der Waals surface area contributed by atoms with Gasteiger partial charge in [0.1, 0.15) is 5.75 Å². The van der Waals surface area contributed by atoms with E-state index in [1.165, 1.54) is 12.3 Å². The number of benzene rings is 1. The van der Waals surface area contributed by atoms with Crippen molar-refractivity contribution in [1.82, 2.24) is 4.98 Å². The summed E-state index contributed by atoms with van der Waals surface area (Å²) in [7, 11) is 0. The normalized spacial score (nSPS) is 10.3. The number of pyridine rings is 1. The van der Waals surface area contributed by atoms with Gasteiger partial charge in [0.2, 0.25) is 0 Å². The minimum Gasteiger partial charge on any atom is -0.493 e. The Morgan fingerprint density at radius 1 is 1.44 bits per heavy atom. The van der Waals surface area contributed by atoms with Crippen molar-refractivity contribution in [3.05, 3.63) is 36.0 Å². The van der Waals surface area contributed by atoms with Gasteiger partial charge in [-0.05, 0) is 25.1 Å². The molecule has 2 aromatic rings. The number of fused-ring (bicyclic) bond motifs is 1. The summed E-state index contributed by atoms with van der Waals surface area (Å²) in [6, 6.07) is 6.80. The summed E-state index contributed by atoms with van der Waals surface area (Å²) >= 11 is 0. The molecule has 0 atom stereocenters. The standard InChI is InChI=1S/C12H11NO3/c1-2-16-10-5-3-4-9-11(10)8(12(14)15)6-7-13-9/h3-7H,2H2,1H3,(H,14,15). The topological polar surface area (TPSA) is 59.4 Å². The predicted octanol–water partition coefficient (Wildman–Crippen LogP) is 2.33. The highest BCUT2D eigenvalue weighted by Crippen LogP contribution is 2.27. The molecular weight excluding hydrogens is 206 g/mol. The largest absolute Gasteiger partial charge is 0.493 e. The van der Waals surface area contributed by atoms with Gasteiger partial charge >= 0.3 is 5.97 Å². The van der Waals surface area contributed by atoms with Crippen LogP contribution in [-0.2, 0) is 0 Å². The summed E-state index contributed by atoms with van der Waals surface area (Å²) in [5.41, 5.74) is 0.847. The van der Waals surface area contributed by atoms with Crippen molar-refractivity contribution in [3.63, 3.8) is 0 Å². The summed E-state index contributed by atoms with van der Waals surface area (Å²) < 4.78 is 5.41. The second-order valence-electron chi connectivity index (χ2n) is 3.25. The molecule has 0 radical (unpaired) electrons. The molecule has 0 aliphatic rings. The molecule has 0 unspecified atom stereocenters. The molecule has 82 valence electrons. The van der Waals surface area contributed by atoms with Gasteiger partial charge in [-0.1, -0.05) is 6.07 Å². The van der Waals surface area contributed by atoms with E-state index in [1.807, 2.05) is 6.92 Å². The van der Waals surface area contributed by atoms with Crippen molar-refractivity contribution in [1.29, 1.82) is 0 Å². The molecule has 0 spiro atoms. The van der Waals surface area contributed by atoms with Crippen LogP contribution in [0.5, 0.6) is 5.75 Å². The predicted molar refractivity (Wildman–Crippen MR) is 59.9 cm³/mol. The van der Waals surface area contributed by atoms with Gasteiger partial charge in [0.05, 0.1) is 23.1 Å². The fourth-order valence-electron chi connectivity index (χ4n) is 1.63. The molecule has 0 fully saturated rings. The lowest BCUT2D eigenvalue weighted by molar-refractivity contribution is 0.0698. The molecule has 0 aliphatic carbocycles. The molecule has 0 saturated carbocycles. The highest BCUT2D eigenvalue weighted by molar-refractivity contribution is 6.04. The summed E-state index contributed by atoms with van der Waals surface area (Å²) in [4.78, 5) is 15.2. The maximum absolute atomic E-state index is 11.1. The minimum absolute atomic E-state index is 0.217. The minimum atomic E-state index is -0.973. The van der Waals surface area contributed by atoms with E-state index in [0.29, 0.717) is 23.3 Å². The average Bonchev–Trinajstić information content (AvgIpc) is 2.29. The Hall–Kier alpha value is -2.10. The summed E-state index contributed by atoms with van der Waals surface area (Å²) in [5.74, 6) is -0.412. The van der Waals surface area contributed by atoms with Gasteiger partial charge in [0, 0.05) is 6.20 Å². The van der Waals surface area contributed by atoms with Crippen molar-refractivity contribution >= 4 is 16.9 Å². The van der Waals surface area contributed by atoms with Gasteiger partial charge in [-0.15, -0.1) is 0 Å². The fourth-order valence-corrected chi connectivity index (χ4v) is 1.63. The highest BCUT2D eigenvalue weighted by atomic mass is 16.5. The van der Waals surface area contributed by atoms with Crippen LogP contribution in [0.3, 0.4) is 0 Å². The molecule has 1 aromatic carbocycles. The third-order valence-corrected chi connectivity index (χ3v) is 2.26. The first kappa shape index (κ1) is 10.4. The van der Waals surface area contributed by atoms with E-state index in [1.54, 1.807) is 18.2 Å². The average molecular weight is 217 g/mol. The van der Waals surface area contributed by atoms with E-state index in [2.05, 4.69) is 4.98 Å². The molecule has 0 saturated heterocycles. The van der Waals surface area contributed by atoms with Gasteiger partial charge in [-0.2, -0.15) is 0 Å². The molecule has 16 heavy (non-hydrogen) atoms. The van der Waals surface area contributed by atoms with Crippen LogP contribution in [0.2, 0.25) is 0 Å². The molecular formula is C12H11NO3. The number of carbonyl (C=O) groups is 1. The van der Waals surface area contributed by atoms with Crippen LogP contribution in [0.25, 0.3) is 10.9 Å². The zero-order valence-electron chi connectivity index (χ0n) is 8.80. The Labute approximate surface area is 92.5 Å². The van der Waals surface area contributed by atoms with E-state index in [9.17, 15) is 4.79 Å². The lowest BCUT2D eigenvalue weighted by Gasteiger charge is -2.08. The van der Waals surface area contributed by atoms with E-state index in [-0.39, 0.29) is 5.56 Å². The van der Waals surface area contributed by atoms with E-state index >= 15 is 0 Å². The van der Waals surface area contributed by atoms with E-state index in [4.69, 9.17) is 9.84 Å². The first-order chi connectivity index (χ1) is 7.74. The van der Waals surface area contributed by atoms with Gasteiger partial charge in [-0.25, -0.2) is 4.79 Å². The highest BCUT2D eigenvalue weighted by Gasteiger charge is 2.12. The number of hydrogen-bond donors (Lipinski definition) is 1. The number of rotatable bonds is 3. The van der Waals surface area contributed by atoms with Gasteiger partial charge in [-0.3, -0.25) is 4.98 Å². The Balaban J connectivity index is 2.76. The summed E-state index contributed by atoms with van der Waals surface area (Å²) in [5, 5.41) is 9.65. The van der Waals surface area contributed by atoms with E-state index < -0.39 is 5.97 Å². The number of carboxylic acids is 1. The van der Waals surface area contributed by atoms with Crippen molar-refractivity contribution in [2.24, 2.45) is 0 Å². The van der Waals surface area contributed by atoms with Gasteiger partial charge < -0.3 is 9.84 Å². The number of aromatic carboxylic acids is 1. The smallest absolute Gasteiger partial charge is 0.336 e. The third-order valence-electron chi connectivity index (χ3n) is 2.26. The summed E-state index contributed by atoms with van der Waals surface area (Å²) in [6.07, 6.45) is 1.49. The fraction of sp³-hybridized carbons (Fsp3) is 0.167. The van der Waals surface area contributed by atoms with Crippen molar-refractivity contribution in [2.45, 2.75) is 6.92 Å². The van der Waals surface area contributed by atoms with Crippen molar-refractivity contribution in [3.8, 4) is 5.75 Å². The maximum atomic E-state index is 11.1. The number of hydrogen-bond acceptors (Lipinski definition) is 3. The first-order valence-electron chi connectivity index (χ1n) is 4.98. The first-order valence-corrected chi connectivity index (χ1v) is 4.98. The zero-order chi connectivity index (χ0) is 11.5. The van der Waals surface area contributed by atoms with Gasteiger partial charge in [0.25, 0.3) is 0 Å². The quantitative estimate of drug-likeness (QED) is 0.857. The second-order valence-corrected chi connectivity index (χ2v) is 3.25. The molecule has 1 N–H and O–H groups in total. The van der Waals surface area contributed by atoms with Crippen LogP contribution in [0.15, 0.2) is 30.5 Å². The Morgan fingerprint density at radius 3 is 2.94 bits per heavy atom. The SMILES string of the molecule is CCOc1cccc2nccc(C(=O)O)c12. The van der Waals surface area contributed by atoms with Crippen molar-refractivity contribution in [2.75, 3.05) is 6.61 Å². The third kappa shape index (κ3) is 1.69. The molecule has 0 amide bonds. The van der Waals surface area contributed by atoms with Crippen LogP contribution in [-0.4, -0.2) is 22.7 Å². The number of nitrogens with zero attached hydrogens (tertiary/aromatic N) is 1. The Kier molecular flexibility index (Phi) is 2.72. The van der Waals surface area contributed by atoms with Crippen LogP contribution in [0.1, 0.15) is 17.3 Å². The summed E-state index contributed by atoms with van der Waals surface area (Å²) in [6.45, 7) is 2.35. The Bertz CT molecular complexity index is 532. The molecule has 1 aromatic heterocycles. The van der Waals surface area contributed by atoms with Crippen LogP contribution in [0.4, 0.5) is 0 Å². The Morgan fingerprint density at radius 2 is 2.25 bits per heavy atom. The zero-order valence-corrected chi connectivity index (χ0v) is 8.80. The molecule has 1 heterocycles. The van der Waals surface area contributed by atoms with Gasteiger partial charge in [0.15, 0.2) is 0 Å². The molecule has 0 aliphatic heterocycles. The number of ether oxygens (including phenoxy) is 1. The molecule has 2 rings (SSSR count). The lowest BCUT2D eigenvalue weighted by atomic mass is 10.1. The van der Waals surface area contributed by atoms with E-state index in [0.717, 1.165) is 0 Å². The molecule has 0 bridgehead atoms. The lowest BCUT2D eigenvalue weighted by Crippen LogP contribution is -2.01. The monoisotopic (exact) mass is 217 g/mol. The molecule has 4 nitrogen and oxygen atoms in total. The van der Waals surface area contributed by atoms with Crippen molar-refractivity contribution < 1.29 is 14.6 Å².